The van der Waals surface area contributed by atoms with Crippen LogP contribution in [0.1, 0.15) is 41.9 Å². The Bertz CT molecular complexity index is 1140. The summed E-state index contributed by atoms with van der Waals surface area (Å²) in [6.45, 7) is 2.39. The summed E-state index contributed by atoms with van der Waals surface area (Å²) >= 11 is 0. The maximum atomic E-state index is 13.9. The number of carbonyl (C=O) groups is 1. The SMILES string of the molecule is Cc1c(C[C@@H](CNC(=O)C[C@H](c2cccnc2)C2(C(F)(F)F)CC2)N(C)C)ccc2[nH]ncc12. The van der Waals surface area contributed by atoms with Crippen molar-refractivity contribution in [2.75, 3.05) is 20.6 Å². The fourth-order valence-corrected chi connectivity index (χ4v) is 4.78. The van der Waals surface area contributed by atoms with Crippen LogP contribution in [-0.4, -0.2) is 58.8 Å². The van der Waals surface area contributed by atoms with E-state index in [9.17, 15) is 18.0 Å². The van der Waals surface area contributed by atoms with Crippen LogP contribution < -0.4 is 5.32 Å². The number of aryl methyl sites for hydroxylation is 1. The van der Waals surface area contributed by atoms with E-state index in [2.05, 4.69) is 20.5 Å². The molecule has 1 saturated carbocycles. The number of nitrogens with zero attached hydrogens (tertiary/aromatic N) is 3. The first-order valence-corrected chi connectivity index (χ1v) is 11.4. The Kier molecular flexibility index (Phi) is 6.66. The van der Waals surface area contributed by atoms with Crippen molar-refractivity contribution in [1.29, 1.82) is 0 Å². The van der Waals surface area contributed by atoms with Crippen LogP contribution in [-0.2, 0) is 11.2 Å². The molecule has 0 saturated heterocycles. The molecule has 2 N–H and O–H groups in total. The average molecular weight is 474 g/mol. The number of halogens is 3. The highest BCUT2D eigenvalue weighted by atomic mass is 19.4. The van der Waals surface area contributed by atoms with Gasteiger partial charge in [0.2, 0.25) is 5.91 Å². The van der Waals surface area contributed by atoms with Gasteiger partial charge in [0.15, 0.2) is 0 Å². The first-order chi connectivity index (χ1) is 16.1. The van der Waals surface area contributed by atoms with Crippen LogP contribution in [0.25, 0.3) is 10.9 Å². The number of likely N-dealkylation sites (N-methyl/N-ethyl adjacent to an activating group) is 1. The lowest BCUT2D eigenvalue weighted by Crippen LogP contribution is -2.43. The summed E-state index contributed by atoms with van der Waals surface area (Å²) in [5, 5.41) is 11.0. The number of H-pyrrole nitrogens is 1. The Morgan fingerprint density at radius 1 is 1.24 bits per heavy atom. The van der Waals surface area contributed by atoms with Gasteiger partial charge >= 0.3 is 6.18 Å². The van der Waals surface area contributed by atoms with E-state index in [1.54, 1.807) is 18.3 Å². The number of benzene rings is 1. The van der Waals surface area contributed by atoms with Gasteiger partial charge < -0.3 is 10.2 Å². The minimum absolute atomic E-state index is 0.0126. The number of pyridine rings is 1. The molecule has 182 valence electrons. The third-order valence-corrected chi connectivity index (χ3v) is 7.22. The highest BCUT2D eigenvalue weighted by Gasteiger charge is 2.67. The predicted octanol–water partition coefficient (Wildman–Crippen LogP) is 4.37. The molecule has 1 aliphatic carbocycles. The van der Waals surface area contributed by atoms with E-state index >= 15 is 0 Å². The highest BCUT2D eigenvalue weighted by molar-refractivity contribution is 5.82. The lowest BCUT2D eigenvalue weighted by molar-refractivity contribution is -0.194. The van der Waals surface area contributed by atoms with E-state index < -0.39 is 17.5 Å². The van der Waals surface area contributed by atoms with Gasteiger partial charge in [-0.3, -0.25) is 14.9 Å². The summed E-state index contributed by atoms with van der Waals surface area (Å²) in [4.78, 5) is 18.9. The molecule has 2 heterocycles. The Labute approximate surface area is 196 Å². The van der Waals surface area contributed by atoms with Crippen LogP contribution >= 0.6 is 0 Å². The van der Waals surface area contributed by atoms with Gasteiger partial charge in [0, 0.05) is 42.7 Å². The third-order valence-electron chi connectivity index (χ3n) is 7.22. The Morgan fingerprint density at radius 3 is 2.62 bits per heavy atom. The average Bonchev–Trinajstić information content (AvgIpc) is 3.47. The molecular weight excluding hydrogens is 443 g/mol. The molecule has 1 fully saturated rings. The second kappa shape index (κ2) is 9.37. The van der Waals surface area contributed by atoms with Gasteiger partial charge in [0.25, 0.3) is 0 Å². The summed E-state index contributed by atoms with van der Waals surface area (Å²) in [6, 6.07) is 7.27. The molecule has 1 amide bonds. The second-order valence-electron chi connectivity index (χ2n) is 9.50. The summed E-state index contributed by atoms with van der Waals surface area (Å²) in [5.41, 5.74) is 1.86. The van der Waals surface area contributed by atoms with Crippen molar-refractivity contribution in [3.63, 3.8) is 0 Å². The van der Waals surface area contributed by atoms with Crippen LogP contribution in [0.4, 0.5) is 13.2 Å². The number of hydrogen-bond donors (Lipinski definition) is 2. The number of amides is 1. The molecule has 1 aromatic carbocycles. The standard InChI is InChI=1S/C25H30F3N5O/c1-16-17(6-7-22-20(16)15-31-32-22)11-19(33(2)3)14-30-23(34)12-21(18-5-4-10-29-13-18)24(8-9-24)25(26,27)28/h4-7,10,13,15,19,21H,8-9,11-12,14H2,1-3H3,(H,30,34)(H,31,32)/t19-,21+/m0/s1. The molecule has 2 aromatic heterocycles. The van der Waals surface area contributed by atoms with Crippen LogP contribution in [0.5, 0.6) is 0 Å². The van der Waals surface area contributed by atoms with Crippen LogP contribution in [0.2, 0.25) is 0 Å². The number of nitrogens with one attached hydrogen (secondary N) is 2. The Morgan fingerprint density at radius 2 is 2.00 bits per heavy atom. The monoisotopic (exact) mass is 473 g/mol. The molecule has 4 rings (SSSR count). The third kappa shape index (κ3) is 4.80. The fourth-order valence-electron chi connectivity index (χ4n) is 4.78. The van der Waals surface area contributed by atoms with Gasteiger partial charge in [-0.2, -0.15) is 18.3 Å². The predicted molar refractivity (Wildman–Crippen MR) is 124 cm³/mol. The molecule has 9 heteroatoms. The van der Waals surface area contributed by atoms with Crippen molar-refractivity contribution in [2.24, 2.45) is 5.41 Å². The van der Waals surface area contributed by atoms with Crippen molar-refractivity contribution < 1.29 is 18.0 Å². The van der Waals surface area contributed by atoms with Crippen LogP contribution in [0, 0.1) is 12.3 Å². The molecule has 0 unspecified atom stereocenters. The number of hydrogen-bond acceptors (Lipinski definition) is 4. The van der Waals surface area contributed by atoms with E-state index in [1.165, 1.54) is 12.4 Å². The smallest absolute Gasteiger partial charge is 0.355 e. The minimum Gasteiger partial charge on any atom is -0.355 e. The first-order valence-electron chi connectivity index (χ1n) is 11.4. The molecule has 0 aliphatic heterocycles. The van der Waals surface area contributed by atoms with E-state index in [0.717, 1.165) is 22.0 Å². The molecule has 0 spiro atoms. The summed E-state index contributed by atoms with van der Waals surface area (Å²) < 4.78 is 41.7. The number of aromatic amines is 1. The molecule has 3 aromatic rings. The van der Waals surface area contributed by atoms with Gasteiger partial charge in [0.05, 0.1) is 17.1 Å². The van der Waals surface area contributed by atoms with Gasteiger partial charge in [-0.1, -0.05) is 12.1 Å². The number of alkyl halides is 3. The van der Waals surface area contributed by atoms with Gasteiger partial charge in [0.1, 0.15) is 0 Å². The number of rotatable bonds is 9. The van der Waals surface area contributed by atoms with Crippen molar-refractivity contribution in [3.8, 4) is 0 Å². The van der Waals surface area contributed by atoms with E-state index in [0.29, 0.717) is 18.5 Å². The zero-order chi connectivity index (χ0) is 24.5. The second-order valence-corrected chi connectivity index (χ2v) is 9.50. The van der Waals surface area contributed by atoms with Gasteiger partial charge in [-0.25, -0.2) is 0 Å². The summed E-state index contributed by atoms with van der Waals surface area (Å²) in [7, 11) is 3.87. The summed E-state index contributed by atoms with van der Waals surface area (Å²) in [5.74, 6) is -1.32. The van der Waals surface area contributed by atoms with Crippen molar-refractivity contribution in [2.45, 2.75) is 50.7 Å². The van der Waals surface area contributed by atoms with Crippen LogP contribution in [0.15, 0.2) is 42.9 Å². The van der Waals surface area contributed by atoms with E-state index in [-0.39, 0.29) is 31.2 Å². The summed E-state index contributed by atoms with van der Waals surface area (Å²) in [6.07, 6.45) is 0.971. The maximum absolute atomic E-state index is 13.9. The fraction of sp³-hybridized carbons (Fsp3) is 0.480. The lowest BCUT2D eigenvalue weighted by atomic mass is 9.80. The minimum atomic E-state index is -4.36. The largest absolute Gasteiger partial charge is 0.395 e. The van der Waals surface area contributed by atoms with Gasteiger partial charge in [-0.05, 0) is 69.1 Å². The molecule has 2 atom stereocenters. The highest BCUT2D eigenvalue weighted by Crippen LogP contribution is 2.66. The van der Waals surface area contributed by atoms with Crippen molar-refractivity contribution >= 4 is 16.8 Å². The number of carbonyl (C=O) groups excluding carboxylic acids is 1. The quantitative estimate of drug-likeness (QED) is 0.484. The Balaban J connectivity index is 1.45. The molecule has 0 bridgehead atoms. The van der Waals surface area contributed by atoms with Gasteiger partial charge in [-0.15, -0.1) is 0 Å². The Hall–Kier alpha value is -2.94. The zero-order valence-corrected chi connectivity index (χ0v) is 19.6. The first kappa shape index (κ1) is 24.2. The molecule has 34 heavy (non-hydrogen) atoms. The number of fused-ring (bicyclic) bond motifs is 1. The van der Waals surface area contributed by atoms with Crippen LogP contribution in [0.3, 0.4) is 0 Å². The topological polar surface area (TPSA) is 73.9 Å². The lowest BCUT2D eigenvalue weighted by Gasteiger charge is -2.30. The zero-order valence-electron chi connectivity index (χ0n) is 19.6. The molecule has 6 nitrogen and oxygen atoms in total. The molecular formula is C25H30F3N5O. The maximum Gasteiger partial charge on any atom is 0.395 e. The molecule has 0 radical (unpaired) electrons. The van der Waals surface area contributed by atoms with Crippen molar-refractivity contribution in [1.82, 2.24) is 25.4 Å². The van der Waals surface area contributed by atoms with E-state index in [4.69, 9.17) is 0 Å². The van der Waals surface area contributed by atoms with Crippen molar-refractivity contribution in [3.05, 3.63) is 59.5 Å². The normalized spacial score (nSPS) is 17.0. The number of aromatic nitrogens is 3. The van der Waals surface area contributed by atoms with E-state index in [1.807, 2.05) is 38.1 Å². The molecule has 1 aliphatic rings.